The van der Waals surface area contributed by atoms with Crippen LogP contribution in [0.4, 0.5) is 0 Å². The van der Waals surface area contributed by atoms with E-state index in [0.29, 0.717) is 32.8 Å². The summed E-state index contributed by atoms with van der Waals surface area (Å²) in [6.07, 6.45) is 3.36. The molecule has 0 rings (SSSR count). The van der Waals surface area contributed by atoms with Crippen LogP contribution in [0.3, 0.4) is 0 Å². The summed E-state index contributed by atoms with van der Waals surface area (Å²) in [5.41, 5.74) is -0.820. The van der Waals surface area contributed by atoms with Gasteiger partial charge in [-0.3, -0.25) is 4.79 Å². The van der Waals surface area contributed by atoms with Crippen LogP contribution in [0.5, 0.6) is 0 Å². The van der Waals surface area contributed by atoms with E-state index in [1.807, 2.05) is 6.92 Å². The van der Waals surface area contributed by atoms with Crippen molar-refractivity contribution in [3.8, 4) is 0 Å². The van der Waals surface area contributed by atoms with E-state index in [2.05, 4.69) is 12.2 Å². The molecule has 0 aromatic heterocycles. The molecule has 5 heteroatoms. The summed E-state index contributed by atoms with van der Waals surface area (Å²) in [6, 6.07) is 0. The highest BCUT2D eigenvalue weighted by Gasteiger charge is 2.30. The van der Waals surface area contributed by atoms with Gasteiger partial charge in [-0.1, -0.05) is 13.8 Å². The normalized spacial score (nSPS) is 14.3. The number of carboxylic acid groups (broad SMARTS) is 1. The zero-order valence-electron chi connectivity index (χ0n) is 12.5. The minimum atomic E-state index is -0.820. The molecule has 0 saturated carbocycles. The molecule has 0 aliphatic carbocycles. The maximum atomic E-state index is 11.2. The highest BCUT2D eigenvalue weighted by molar-refractivity contribution is 5.78. The summed E-state index contributed by atoms with van der Waals surface area (Å²) in [4.78, 5) is 11.2. The lowest BCUT2D eigenvalue weighted by atomic mass is 9.95. The Balaban J connectivity index is 3.53. The molecule has 19 heavy (non-hydrogen) atoms. The second-order valence-electron chi connectivity index (χ2n) is 4.85. The van der Waals surface area contributed by atoms with Crippen LogP contribution >= 0.6 is 0 Å². The van der Waals surface area contributed by atoms with Crippen molar-refractivity contribution in [3.05, 3.63) is 0 Å². The van der Waals surface area contributed by atoms with E-state index < -0.39 is 11.5 Å². The number of hydrogen-bond acceptors (Lipinski definition) is 4. The van der Waals surface area contributed by atoms with Crippen LogP contribution in [0, 0.1) is 0 Å². The number of unbranched alkanes of at least 4 members (excludes halogenated alkanes) is 1. The van der Waals surface area contributed by atoms with Crippen molar-refractivity contribution >= 4 is 5.97 Å². The molecule has 0 spiro atoms. The van der Waals surface area contributed by atoms with Gasteiger partial charge in [0.25, 0.3) is 0 Å². The number of carboxylic acids is 1. The predicted octanol–water partition coefficient (Wildman–Crippen LogP) is 2.05. The monoisotopic (exact) mass is 275 g/mol. The van der Waals surface area contributed by atoms with Crippen molar-refractivity contribution in [1.82, 2.24) is 5.32 Å². The second kappa shape index (κ2) is 11.2. The molecule has 5 nitrogen and oxygen atoms in total. The quantitative estimate of drug-likeness (QED) is 0.504. The average molecular weight is 275 g/mol. The Hall–Kier alpha value is -0.650. The van der Waals surface area contributed by atoms with Gasteiger partial charge in [0, 0.05) is 13.2 Å². The first kappa shape index (κ1) is 18.4. The van der Waals surface area contributed by atoms with Crippen molar-refractivity contribution in [2.24, 2.45) is 0 Å². The Morgan fingerprint density at radius 3 is 2.26 bits per heavy atom. The number of nitrogens with one attached hydrogen (secondary N) is 1. The van der Waals surface area contributed by atoms with Gasteiger partial charge in [-0.2, -0.15) is 0 Å². The molecule has 1 unspecified atom stereocenters. The second-order valence-corrected chi connectivity index (χ2v) is 4.85. The summed E-state index contributed by atoms with van der Waals surface area (Å²) in [6.45, 7) is 9.08. The van der Waals surface area contributed by atoms with Gasteiger partial charge in [-0.05, 0) is 39.2 Å². The number of ether oxygens (including phenoxy) is 2. The van der Waals surface area contributed by atoms with E-state index in [1.165, 1.54) is 0 Å². The molecule has 0 amide bonds. The van der Waals surface area contributed by atoms with E-state index in [-0.39, 0.29) is 0 Å². The molecule has 0 aromatic carbocycles. The van der Waals surface area contributed by atoms with Gasteiger partial charge in [-0.15, -0.1) is 0 Å². The topological polar surface area (TPSA) is 67.8 Å². The fourth-order valence-corrected chi connectivity index (χ4v) is 1.81. The third-order valence-electron chi connectivity index (χ3n) is 2.97. The maximum absolute atomic E-state index is 11.2. The fourth-order valence-electron chi connectivity index (χ4n) is 1.81. The van der Waals surface area contributed by atoms with Gasteiger partial charge in [-0.25, -0.2) is 0 Å². The van der Waals surface area contributed by atoms with E-state index in [1.54, 1.807) is 6.92 Å². The Labute approximate surface area is 116 Å². The molecule has 0 aliphatic rings. The van der Waals surface area contributed by atoms with E-state index in [9.17, 15) is 9.90 Å². The predicted molar refractivity (Wildman–Crippen MR) is 75.5 cm³/mol. The highest BCUT2D eigenvalue weighted by Crippen LogP contribution is 2.14. The summed E-state index contributed by atoms with van der Waals surface area (Å²) in [5.74, 6) is -0.789. The molecule has 0 fully saturated rings. The molecule has 0 aromatic rings. The largest absolute Gasteiger partial charge is 0.480 e. The summed E-state index contributed by atoms with van der Waals surface area (Å²) in [5, 5.41) is 12.2. The van der Waals surface area contributed by atoms with Gasteiger partial charge < -0.3 is 19.9 Å². The molecule has 0 saturated heterocycles. The standard InChI is InChI=1S/C14H29NO4/c1-4-9-18-11-12-19-10-7-6-8-14(3,13(16)17)15-5-2/h15H,4-12H2,1-3H3,(H,16,17). The van der Waals surface area contributed by atoms with Crippen LogP contribution in [0.1, 0.15) is 46.5 Å². The van der Waals surface area contributed by atoms with Crippen LogP contribution in [-0.4, -0.2) is 49.6 Å². The van der Waals surface area contributed by atoms with Crippen LogP contribution in [0.15, 0.2) is 0 Å². The Morgan fingerprint density at radius 2 is 1.74 bits per heavy atom. The number of aliphatic carboxylic acids is 1. The first-order valence-electron chi connectivity index (χ1n) is 7.20. The highest BCUT2D eigenvalue weighted by atomic mass is 16.5. The summed E-state index contributed by atoms with van der Waals surface area (Å²) < 4.78 is 10.7. The molecule has 0 radical (unpaired) electrons. The lowest BCUT2D eigenvalue weighted by Gasteiger charge is -2.25. The maximum Gasteiger partial charge on any atom is 0.323 e. The Morgan fingerprint density at radius 1 is 1.11 bits per heavy atom. The minimum absolute atomic E-state index is 0.614. The third-order valence-corrected chi connectivity index (χ3v) is 2.97. The van der Waals surface area contributed by atoms with Gasteiger partial charge in [0.2, 0.25) is 0 Å². The van der Waals surface area contributed by atoms with Crippen LogP contribution in [-0.2, 0) is 14.3 Å². The fraction of sp³-hybridized carbons (Fsp3) is 0.929. The molecular formula is C14H29NO4. The molecule has 2 N–H and O–H groups in total. The van der Waals surface area contributed by atoms with Crippen LogP contribution in [0.25, 0.3) is 0 Å². The number of likely N-dealkylation sites (N-methyl/N-ethyl adjacent to an activating group) is 1. The first-order chi connectivity index (χ1) is 9.06. The van der Waals surface area contributed by atoms with Crippen molar-refractivity contribution in [1.29, 1.82) is 0 Å². The van der Waals surface area contributed by atoms with Crippen molar-refractivity contribution in [2.45, 2.75) is 52.0 Å². The molecule has 0 heterocycles. The number of carbonyl (C=O) groups is 1. The molecule has 0 aliphatic heterocycles. The van der Waals surface area contributed by atoms with Crippen LogP contribution < -0.4 is 5.32 Å². The summed E-state index contributed by atoms with van der Waals surface area (Å²) in [7, 11) is 0. The van der Waals surface area contributed by atoms with Crippen LogP contribution in [0.2, 0.25) is 0 Å². The van der Waals surface area contributed by atoms with Crippen molar-refractivity contribution in [2.75, 3.05) is 33.0 Å². The SMILES string of the molecule is CCCOCCOCCCCC(C)(NCC)C(=O)O. The summed E-state index contributed by atoms with van der Waals surface area (Å²) >= 11 is 0. The molecule has 1 atom stereocenters. The zero-order valence-corrected chi connectivity index (χ0v) is 12.5. The lowest BCUT2D eigenvalue weighted by Crippen LogP contribution is -2.49. The van der Waals surface area contributed by atoms with Gasteiger partial charge in [0.15, 0.2) is 0 Å². The smallest absolute Gasteiger partial charge is 0.323 e. The average Bonchev–Trinajstić information content (AvgIpc) is 2.37. The van der Waals surface area contributed by atoms with E-state index >= 15 is 0 Å². The molecule has 0 bridgehead atoms. The molecule has 114 valence electrons. The molecular weight excluding hydrogens is 246 g/mol. The first-order valence-corrected chi connectivity index (χ1v) is 7.20. The van der Waals surface area contributed by atoms with Crippen molar-refractivity contribution in [3.63, 3.8) is 0 Å². The van der Waals surface area contributed by atoms with E-state index in [0.717, 1.165) is 25.9 Å². The lowest BCUT2D eigenvalue weighted by molar-refractivity contribution is -0.144. The van der Waals surface area contributed by atoms with Crippen molar-refractivity contribution < 1.29 is 19.4 Å². The third kappa shape index (κ3) is 8.97. The van der Waals surface area contributed by atoms with Gasteiger partial charge in [0.1, 0.15) is 5.54 Å². The van der Waals surface area contributed by atoms with Gasteiger partial charge >= 0.3 is 5.97 Å². The number of rotatable bonds is 13. The minimum Gasteiger partial charge on any atom is -0.480 e. The van der Waals surface area contributed by atoms with E-state index in [4.69, 9.17) is 9.47 Å². The Kier molecular flexibility index (Phi) is 10.8. The Bertz CT molecular complexity index is 235. The van der Waals surface area contributed by atoms with Gasteiger partial charge in [0.05, 0.1) is 13.2 Å². The number of hydrogen-bond donors (Lipinski definition) is 2. The zero-order chi connectivity index (χ0) is 14.6.